The maximum absolute atomic E-state index is 9.90. The third-order valence-electron chi connectivity index (χ3n) is 9.63. The van der Waals surface area contributed by atoms with Crippen LogP contribution in [0.1, 0.15) is 16.7 Å². The topological polar surface area (TPSA) is 81.2 Å². The van der Waals surface area contributed by atoms with Gasteiger partial charge in [-0.3, -0.25) is 0 Å². The molecular weight excluding hydrogens is 611 g/mol. The Bertz CT molecular complexity index is 2890. The van der Waals surface area contributed by atoms with Crippen molar-refractivity contribution in [2.24, 2.45) is 0 Å². The Morgan fingerprint density at radius 3 is 1.52 bits per heavy atom. The lowest BCUT2D eigenvalue weighted by molar-refractivity contribution is 1.18. The fraction of sp³-hybridized carbons (Fsp3) is 0. The average Bonchev–Trinajstić information content (AvgIpc) is 3.69. The summed E-state index contributed by atoms with van der Waals surface area (Å²) in [6.45, 7) is 0. The minimum Gasteiger partial charge on any atom is -0.309 e. The highest BCUT2D eigenvalue weighted by atomic mass is 15.0. The van der Waals surface area contributed by atoms with Gasteiger partial charge < -0.3 is 9.13 Å². The SMILES string of the molecule is N#Cc1ccc(-c2ccc(-c3ccc(-n4c5ccccc5c5ccccc54)cc3)cc2)c(-n2c3ccc(C#N)cc3c3ccc(C#N)cc32)c1. The molecule has 50 heavy (non-hydrogen) atoms. The van der Waals surface area contributed by atoms with E-state index in [9.17, 15) is 15.8 Å². The molecule has 0 amide bonds. The van der Waals surface area contributed by atoms with Gasteiger partial charge in [0.05, 0.1) is 62.7 Å². The molecule has 0 unspecified atom stereocenters. The molecule has 0 aliphatic carbocycles. The third-order valence-corrected chi connectivity index (χ3v) is 9.63. The zero-order valence-corrected chi connectivity index (χ0v) is 26.7. The molecule has 2 heterocycles. The summed E-state index contributed by atoms with van der Waals surface area (Å²) in [6.07, 6.45) is 0. The Labute approximate surface area is 287 Å². The van der Waals surface area contributed by atoms with Crippen LogP contribution in [0.2, 0.25) is 0 Å². The van der Waals surface area contributed by atoms with Gasteiger partial charge in [0, 0.05) is 32.8 Å². The Balaban J connectivity index is 1.14. The van der Waals surface area contributed by atoms with E-state index >= 15 is 0 Å². The van der Waals surface area contributed by atoms with Crippen LogP contribution in [-0.4, -0.2) is 9.13 Å². The first-order chi connectivity index (χ1) is 24.6. The molecule has 5 heteroatoms. The standard InChI is InChI=1S/C45H25N5/c46-26-29-11-22-43-40(23-29)39-21-10-31(28-48)25-45(39)50(43)44-24-30(27-47)9-20-36(44)34-14-12-32(13-15-34)33-16-18-35(19-17-33)49-41-7-3-1-5-37(41)38-6-2-4-8-42(38)49/h1-25H. The molecule has 0 N–H and O–H groups in total. The van der Waals surface area contributed by atoms with E-state index in [0.29, 0.717) is 16.7 Å². The van der Waals surface area contributed by atoms with Crippen LogP contribution >= 0.6 is 0 Å². The number of nitriles is 3. The van der Waals surface area contributed by atoms with Gasteiger partial charge in [-0.15, -0.1) is 0 Å². The lowest BCUT2D eigenvalue weighted by atomic mass is 9.98. The maximum Gasteiger partial charge on any atom is 0.0992 e. The Morgan fingerprint density at radius 1 is 0.360 bits per heavy atom. The van der Waals surface area contributed by atoms with Crippen molar-refractivity contribution in [3.8, 4) is 51.8 Å². The summed E-state index contributed by atoms with van der Waals surface area (Å²) >= 11 is 0. The predicted molar refractivity (Wildman–Crippen MR) is 200 cm³/mol. The minimum absolute atomic E-state index is 0.531. The van der Waals surface area contributed by atoms with Crippen LogP contribution in [0.25, 0.3) is 77.2 Å². The van der Waals surface area contributed by atoms with E-state index in [-0.39, 0.29) is 0 Å². The first-order valence-corrected chi connectivity index (χ1v) is 16.3. The Morgan fingerprint density at radius 2 is 0.860 bits per heavy atom. The fourth-order valence-electron chi connectivity index (χ4n) is 7.30. The minimum atomic E-state index is 0.531. The highest BCUT2D eigenvalue weighted by molar-refractivity contribution is 6.11. The summed E-state index contributed by atoms with van der Waals surface area (Å²) in [4.78, 5) is 0. The van der Waals surface area contributed by atoms with Gasteiger partial charge in [0.2, 0.25) is 0 Å². The van der Waals surface area contributed by atoms with Gasteiger partial charge in [0.1, 0.15) is 0 Å². The molecule has 9 aromatic rings. The molecule has 0 radical (unpaired) electrons. The maximum atomic E-state index is 9.90. The lowest BCUT2D eigenvalue weighted by Crippen LogP contribution is -1.99. The van der Waals surface area contributed by atoms with Crippen molar-refractivity contribution in [1.29, 1.82) is 15.8 Å². The van der Waals surface area contributed by atoms with Gasteiger partial charge in [-0.2, -0.15) is 15.8 Å². The number of aromatic nitrogens is 2. The zero-order valence-electron chi connectivity index (χ0n) is 26.7. The summed E-state index contributed by atoms with van der Waals surface area (Å²) in [5, 5.41) is 33.6. The van der Waals surface area contributed by atoms with Crippen LogP contribution in [0.4, 0.5) is 0 Å². The summed E-state index contributed by atoms with van der Waals surface area (Å²) < 4.78 is 4.42. The van der Waals surface area contributed by atoms with E-state index in [0.717, 1.165) is 55.4 Å². The van der Waals surface area contributed by atoms with Crippen molar-refractivity contribution in [3.63, 3.8) is 0 Å². The van der Waals surface area contributed by atoms with Gasteiger partial charge in [-0.25, -0.2) is 0 Å². The molecule has 0 saturated heterocycles. The van der Waals surface area contributed by atoms with E-state index in [1.165, 1.54) is 21.8 Å². The van der Waals surface area contributed by atoms with Gasteiger partial charge in [-0.1, -0.05) is 84.9 Å². The van der Waals surface area contributed by atoms with Gasteiger partial charge in [0.25, 0.3) is 0 Å². The first-order valence-electron chi connectivity index (χ1n) is 16.3. The van der Waals surface area contributed by atoms with Crippen molar-refractivity contribution in [3.05, 3.63) is 168 Å². The van der Waals surface area contributed by atoms with E-state index in [4.69, 9.17) is 0 Å². The summed E-state index contributed by atoms with van der Waals surface area (Å²) in [6, 6.07) is 58.0. The molecule has 0 saturated carbocycles. The van der Waals surface area contributed by atoms with Gasteiger partial charge >= 0.3 is 0 Å². The van der Waals surface area contributed by atoms with Crippen LogP contribution in [0, 0.1) is 34.0 Å². The molecule has 2 aromatic heterocycles. The van der Waals surface area contributed by atoms with Gasteiger partial charge in [0.15, 0.2) is 0 Å². The van der Waals surface area contributed by atoms with E-state index in [1.807, 2.05) is 42.5 Å². The zero-order chi connectivity index (χ0) is 33.8. The van der Waals surface area contributed by atoms with E-state index in [2.05, 4.69) is 124 Å². The molecule has 0 fully saturated rings. The first kappa shape index (κ1) is 28.8. The molecule has 0 atom stereocenters. The average molecular weight is 636 g/mol. The van der Waals surface area contributed by atoms with Crippen molar-refractivity contribution in [1.82, 2.24) is 9.13 Å². The van der Waals surface area contributed by atoms with Crippen molar-refractivity contribution >= 4 is 43.6 Å². The molecule has 0 bridgehead atoms. The molecule has 9 rings (SSSR count). The smallest absolute Gasteiger partial charge is 0.0992 e. The molecule has 7 aromatic carbocycles. The number of benzene rings is 7. The molecular formula is C45H25N5. The van der Waals surface area contributed by atoms with Crippen LogP contribution in [0.5, 0.6) is 0 Å². The number of hydrogen-bond acceptors (Lipinski definition) is 3. The fourth-order valence-corrected chi connectivity index (χ4v) is 7.30. The van der Waals surface area contributed by atoms with Crippen LogP contribution < -0.4 is 0 Å². The van der Waals surface area contributed by atoms with Crippen LogP contribution in [0.3, 0.4) is 0 Å². The molecule has 5 nitrogen and oxygen atoms in total. The second-order valence-corrected chi connectivity index (χ2v) is 12.4. The quantitative estimate of drug-likeness (QED) is 0.193. The Kier molecular flexibility index (Phi) is 6.56. The number of nitrogens with zero attached hydrogens (tertiary/aromatic N) is 5. The second kappa shape index (κ2) is 11.4. The van der Waals surface area contributed by atoms with Crippen LogP contribution in [0.15, 0.2) is 152 Å². The highest BCUT2D eigenvalue weighted by Crippen LogP contribution is 2.38. The number of fused-ring (bicyclic) bond motifs is 6. The summed E-state index contributed by atoms with van der Waals surface area (Å²) in [7, 11) is 0. The number of hydrogen-bond donors (Lipinski definition) is 0. The molecule has 230 valence electrons. The number of rotatable bonds is 4. The highest BCUT2D eigenvalue weighted by Gasteiger charge is 2.18. The normalized spacial score (nSPS) is 11.1. The predicted octanol–water partition coefficient (Wildman–Crippen LogP) is 10.8. The lowest BCUT2D eigenvalue weighted by Gasteiger charge is -2.15. The van der Waals surface area contributed by atoms with Crippen molar-refractivity contribution in [2.75, 3.05) is 0 Å². The van der Waals surface area contributed by atoms with Crippen LogP contribution in [-0.2, 0) is 0 Å². The monoisotopic (exact) mass is 635 g/mol. The summed E-state index contributed by atoms with van der Waals surface area (Å²) in [5.74, 6) is 0. The largest absolute Gasteiger partial charge is 0.309 e. The van der Waals surface area contributed by atoms with Crippen molar-refractivity contribution < 1.29 is 0 Å². The molecule has 0 aliphatic heterocycles. The second-order valence-electron chi connectivity index (χ2n) is 12.4. The number of para-hydroxylation sites is 2. The summed E-state index contributed by atoms with van der Waals surface area (Å²) in [5.41, 5.74) is 11.8. The van der Waals surface area contributed by atoms with E-state index in [1.54, 1.807) is 12.1 Å². The third kappa shape index (κ3) is 4.45. The van der Waals surface area contributed by atoms with E-state index < -0.39 is 0 Å². The molecule has 0 spiro atoms. The Hall–Kier alpha value is -7.39. The van der Waals surface area contributed by atoms with Gasteiger partial charge in [-0.05, 0) is 83.4 Å². The molecule has 0 aliphatic rings. The van der Waals surface area contributed by atoms with Crippen molar-refractivity contribution in [2.45, 2.75) is 0 Å².